The van der Waals surface area contributed by atoms with Crippen LogP contribution in [0.5, 0.6) is 0 Å². The average molecular weight is 346 g/mol. The van der Waals surface area contributed by atoms with Gasteiger partial charge in [0.25, 0.3) is 5.56 Å². The largest absolute Gasteiger partial charge is 0.341 e. The van der Waals surface area contributed by atoms with E-state index in [1.807, 2.05) is 18.7 Å². The van der Waals surface area contributed by atoms with E-state index in [4.69, 9.17) is 0 Å². The molecule has 0 bridgehead atoms. The van der Waals surface area contributed by atoms with E-state index in [2.05, 4.69) is 9.88 Å². The average Bonchev–Trinajstić information content (AvgIpc) is 2.63. The van der Waals surface area contributed by atoms with Crippen LogP contribution in [0.25, 0.3) is 0 Å². The normalized spacial score (nSPS) is 20.2. The van der Waals surface area contributed by atoms with Crippen LogP contribution < -0.4 is 5.56 Å². The van der Waals surface area contributed by atoms with Gasteiger partial charge in [-0.15, -0.1) is 0 Å². The highest BCUT2D eigenvalue weighted by Gasteiger charge is 2.22. The van der Waals surface area contributed by atoms with Gasteiger partial charge in [-0.05, 0) is 58.5 Å². The van der Waals surface area contributed by atoms with Crippen molar-refractivity contribution in [2.45, 2.75) is 52.5 Å². The van der Waals surface area contributed by atoms with E-state index in [1.54, 1.807) is 10.9 Å². The third-order valence-corrected chi connectivity index (χ3v) is 5.78. The molecule has 1 aromatic heterocycles. The Labute approximate surface area is 149 Å². The maximum Gasteiger partial charge on any atom is 0.256 e. The summed E-state index contributed by atoms with van der Waals surface area (Å²) >= 11 is 0. The quantitative estimate of drug-likeness (QED) is 0.812. The number of nitrogens with zero attached hydrogens (tertiary/aromatic N) is 4. The van der Waals surface area contributed by atoms with Crippen molar-refractivity contribution in [2.24, 2.45) is 5.92 Å². The summed E-state index contributed by atoms with van der Waals surface area (Å²) in [6, 6.07) is 0. The molecule has 0 spiro atoms. The van der Waals surface area contributed by atoms with Crippen LogP contribution in [0.2, 0.25) is 0 Å². The van der Waals surface area contributed by atoms with Crippen LogP contribution in [0, 0.1) is 19.8 Å². The van der Waals surface area contributed by atoms with Crippen molar-refractivity contribution in [1.82, 2.24) is 19.4 Å². The molecule has 0 N–H and O–H groups in total. The number of carbonyl (C=O) groups excluding carboxylic acids is 1. The molecular formula is C19H30N4O2. The lowest BCUT2D eigenvalue weighted by molar-refractivity contribution is -0.133. The second kappa shape index (κ2) is 8.13. The fourth-order valence-corrected chi connectivity index (χ4v) is 3.84. The molecule has 138 valence electrons. The van der Waals surface area contributed by atoms with E-state index in [9.17, 15) is 9.59 Å². The Morgan fingerprint density at radius 2 is 1.84 bits per heavy atom. The van der Waals surface area contributed by atoms with Crippen LogP contribution in [0.15, 0.2) is 11.1 Å². The first-order valence-corrected chi connectivity index (χ1v) is 9.57. The minimum Gasteiger partial charge on any atom is -0.341 e. The van der Waals surface area contributed by atoms with Gasteiger partial charge in [0.05, 0.1) is 6.33 Å². The maximum atomic E-state index is 12.3. The molecular weight excluding hydrogens is 316 g/mol. The molecule has 0 aromatic carbocycles. The zero-order valence-corrected chi connectivity index (χ0v) is 15.5. The van der Waals surface area contributed by atoms with E-state index >= 15 is 0 Å². The van der Waals surface area contributed by atoms with Crippen molar-refractivity contribution in [3.05, 3.63) is 27.9 Å². The SMILES string of the molecule is Cc1ncn(CC2CCN(CCN3CCCCC3=O)CC2)c(=O)c1C. The van der Waals surface area contributed by atoms with Gasteiger partial charge >= 0.3 is 0 Å². The standard InChI is InChI=1S/C19H30N4O2/c1-15-16(2)20-14-23(19(15)25)13-17-6-9-21(10-7-17)11-12-22-8-4-3-5-18(22)24/h14,17H,3-13H2,1-2H3. The van der Waals surface area contributed by atoms with E-state index in [0.717, 1.165) is 82.6 Å². The molecule has 2 fully saturated rings. The summed E-state index contributed by atoms with van der Waals surface area (Å²) in [5, 5.41) is 0. The third kappa shape index (κ3) is 4.48. The number of aryl methyl sites for hydroxylation is 1. The number of aromatic nitrogens is 2. The Morgan fingerprint density at radius 1 is 1.08 bits per heavy atom. The molecule has 0 saturated carbocycles. The minimum atomic E-state index is 0.0959. The van der Waals surface area contributed by atoms with E-state index < -0.39 is 0 Å². The molecule has 0 atom stereocenters. The molecule has 2 aliphatic heterocycles. The second-order valence-corrected chi connectivity index (χ2v) is 7.54. The topological polar surface area (TPSA) is 58.4 Å². The summed E-state index contributed by atoms with van der Waals surface area (Å²) < 4.78 is 1.77. The summed E-state index contributed by atoms with van der Waals surface area (Å²) in [7, 11) is 0. The Hall–Kier alpha value is -1.69. The Bertz CT molecular complexity index is 662. The molecule has 6 heteroatoms. The Kier molecular flexibility index (Phi) is 5.89. The van der Waals surface area contributed by atoms with Gasteiger partial charge in [-0.3, -0.25) is 14.2 Å². The number of amides is 1. The van der Waals surface area contributed by atoms with Crippen molar-refractivity contribution in [1.29, 1.82) is 0 Å². The molecule has 3 heterocycles. The Balaban J connectivity index is 1.45. The monoisotopic (exact) mass is 346 g/mol. The number of hydrogen-bond donors (Lipinski definition) is 0. The van der Waals surface area contributed by atoms with E-state index in [0.29, 0.717) is 11.8 Å². The number of piperidine rings is 2. The molecule has 3 rings (SSSR count). The van der Waals surface area contributed by atoms with Gasteiger partial charge in [0, 0.05) is 43.9 Å². The molecule has 2 saturated heterocycles. The van der Waals surface area contributed by atoms with Gasteiger partial charge < -0.3 is 9.80 Å². The highest BCUT2D eigenvalue weighted by atomic mass is 16.2. The minimum absolute atomic E-state index is 0.0959. The van der Waals surface area contributed by atoms with Crippen molar-refractivity contribution in [2.75, 3.05) is 32.7 Å². The lowest BCUT2D eigenvalue weighted by atomic mass is 9.96. The summed E-state index contributed by atoms with van der Waals surface area (Å²) in [4.78, 5) is 33.0. The molecule has 1 amide bonds. The van der Waals surface area contributed by atoms with Crippen LogP contribution in [-0.2, 0) is 11.3 Å². The fraction of sp³-hybridized carbons (Fsp3) is 0.737. The zero-order valence-electron chi connectivity index (χ0n) is 15.5. The summed E-state index contributed by atoms with van der Waals surface area (Å²) in [6.45, 7) is 9.38. The highest BCUT2D eigenvalue weighted by molar-refractivity contribution is 5.76. The summed E-state index contributed by atoms with van der Waals surface area (Å²) in [5.41, 5.74) is 1.67. The molecule has 6 nitrogen and oxygen atoms in total. The van der Waals surface area contributed by atoms with Gasteiger partial charge in [-0.1, -0.05) is 0 Å². The number of likely N-dealkylation sites (tertiary alicyclic amines) is 2. The predicted octanol–water partition coefficient (Wildman–Crippen LogP) is 1.58. The molecule has 25 heavy (non-hydrogen) atoms. The van der Waals surface area contributed by atoms with Gasteiger partial charge in [-0.2, -0.15) is 0 Å². The summed E-state index contributed by atoms with van der Waals surface area (Å²) in [5.74, 6) is 0.859. The first-order chi connectivity index (χ1) is 12.0. The van der Waals surface area contributed by atoms with Crippen molar-refractivity contribution in [3.8, 4) is 0 Å². The molecule has 1 aromatic rings. The predicted molar refractivity (Wildman–Crippen MR) is 97.6 cm³/mol. The van der Waals surface area contributed by atoms with Gasteiger partial charge in [-0.25, -0.2) is 4.98 Å². The van der Waals surface area contributed by atoms with Crippen LogP contribution in [-0.4, -0.2) is 58.0 Å². The van der Waals surface area contributed by atoms with Crippen LogP contribution in [0.4, 0.5) is 0 Å². The maximum absolute atomic E-state index is 12.3. The highest BCUT2D eigenvalue weighted by Crippen LogP contribution is 2.19. The fourth-order valence-electron chi connectivity index (χ4n) is 3.84. The molecule has 2 aliphatic rings. The number of hydrogen-bond acceptors (Lipinski definition) is 4. The lowest BCUT2D eigenvalue weighted by Gasteiger charge is -2.34. The van der Waals surface area contributed by atoms with Crippen molar-refractivity contribution >= 4 is 5.91 Å². The van der Waals surface area contributed by atoms with Gasteiger partial charge in [0.1, 0.15) is 0 Å². The molecule has 0 unspecified atom stereocenters. The number of rotatable bonds is 5. The van der Waals surface area contributed by atoms with Gasteiger partial charge in [0.15, 0.2) is 0 Å². The van der Waals surface area contributed by atoms with E-state index in [-0.39, 0.29) is 5.56 Å². The first kappa shape index (κ1) is 18.1. The third-order valence-electron chi connectivity index (χ3n) is 5.78. The van der Waals surface area contributed by atoms with Crippen molar-refractivity contribution < 1.29 is 4.79 Å². The lowest BCUT2D eigenvalue weighted by Crippen LogP contribution is -2.43. The first-order valence-electron chi connectivity index (χ1n) is 9.57. The smallest absolute Gasteiger partial charge is 0.256 e. The molecule has 0 aliphatic carbocycles. The number of carbonyl (C=O) groups is 1. The zero-order chi connectivity index (χ0) is 17.8. The summed E-state index contributed by atoms with van der Waals surface area (Å²) in [6.07, 6.45) is 6.82. The van der Waals surface area contributed by atoms with Crippen LogP contribution >= 0.6 is 0 Å². The van der Waals surface area contributed by atoms with E-state index in [1.165, 1.54) is 0 Å². The second-order valence-electron chi connectivity index (χ2n) is 7.54. The van der Waals surface area contributed by atoms with Crippen molar-refractivity contribution in [3.63, 3.8) is 0 Å². The Morgan fingerprint density at radius 3 is 2.56 bits per heavy atom. The van der Waals surface area contributed by atoms with Crippen LogP contribution in [0.3, 0.4) is 0 Å². The van der Waals surface area contributed by atoms with Crippen LogP contribution in [0.1, 0.15) is 43.4 Å². The van der Waals surface area contributed by atoms with Gasteiger partial charge in [0.2, 0.25) is 5.91 Å². The molecule has 0 radical (unpaired) electrons.